The van der Waals surface area contributed by atoms with Crippen molar-refractivity contribution in [2.24, 2.45) is 0 Å². The van der Waals surface area contributed by atoms with Crippen LogP contribution >= 0.6 is 15.9 Å². The van der Waals surface area contributed by atoms with Crippen molar-refractivity contribution < 1.29 is 13.6 Å². The summed E-state index contributed by atoms with van der Waals surface area (Å²) in [5.74, 6) is -0.572. The maximum Gasteiger partial charge on any atom is 0.262 e. The highest BCUT2D eigenvalue weighted by Gasteiger charge is 2.16. The summed E-state index contributed by atoms with van der Waals surface area (Å²) in [6, 6.07) is 1.29. The molecule has 0 aromatic carbocycles. The largest absolute Gasteiger partial charge is 0.336 e. The molecule has 0 aliphatic rings. The molecule has 1 rings (SSSR count). The van der Waals surface area contributed by atoms with E-state index in [1.807, 2.05) is 0 Å². The van der Waals surface area contributed by atoms with Crippen molar-refractivity contribution in [2.75, 3.05) is 13.6 Å². The molecule has 16 heavy (non-hydrogen) atoms. The number of H-pyrrole nitrogens is 1. The summed E-state index contributed by atoms with van der Waals surface area (Å²) in [4.78, 5) is 25.8. The Hall–Kier alpha value is -1.24. The minimum atomic E-state index is -2.58. The topological polar surface area (TPSA) is 53.2 Å². The van der Waals surface area contributed by atoms with Crippen LogP contribution in [0.4, 0.5) is 8.78 Å². The Labute approximate surface area is 98.4 Å². The van der Waals surface area contributed by atoms with Crippen LogP contribution in [0.3, 0.4) is 0 Å². The van der Waals surface area contributed by atoms with E-state index >= 15 is 0 Å². The lowest BCUT2D eigenvalue weighted by Crippen LogP contribution is -2.31. The normalized spacial score (nSPS) is 10.6. The van der Waals surface area contributed by atoms with Gasteiger partial charge in [0.15, 0.2) is 0 Å². The van der Waals surface area contributed by atoms with Gasteiger partial charge in [-0.05, 0) is 22.0 Å². The molecule has 7 heteroatoms. The summed E-state index contributed by atoms with van der Waals surface area (Å²) in [5.41, 5.74) is -0.234. The maximum atomic E-state index is 12.0. The molecule has 1 amide bonds. The molecule has 1 aromatic rings. The summed E-state index contributed by atoms with van der Waals surface area (Å²) in [5, 5.41) is 0. The first-order valence-corrected chi connectivity index (χ1v) is 5.13. The zero-order chi connectivity index (χ0) is 12.3. The monoisotopic (exact) mass is 294 g/mol. The molecule has 0 spiro atoms. The lowest BCUT2D eigenvalue weighted by Gasteiger charge is -2.16. The SMILES string of the molecule is CN(CC(F)F)C(=O)c1c[nH]c(=O)c(Br)c1. The van der Waals surface area contributed by atoms with Gasteiger partial charge in [-0.3, -0.25) is 9.59 Å². The fourth-order valence-corrected chi connectivity index (χ4v) is 1.45. The molecule has 0 saturated heterocycles. The lowest BCUT2D eigenvalue weighted by molar-refractivity contribution is 0.0620. The van der Waals surface area contributed by atoms with E-state index in [-0.39, 0.29) is 15.6 Å². The number of nitrogens with zero attached hydrogens (tertiary/aromatic N) is 1. The van der Waals surface area contributed by atoms with Crippen LogP contribution in [0.2, 0.25) is 0 Å². The molecule has 88 valence electrons. The fraction of sp³-hybridized carbons (Fsp3) is 0.333. The van der Waals surface area contributed by atoms with Gasteiger partial charge in [-0.2, -0.15) is 0 Å². The number of halogens is 3. The number of hydrogen-bond donors (Lipinski definition) is 1. The third-order valence-electron chi connectivity index (χ3n) is 1.86. The van der Waals surface area contributed by atoms with Crippen molar-refractivity contribution in [3.8, 4) is 0 Å². The summed E-state index contributed by atoms with van der Waals surface area (Å²) in [6.07, 6.45) is -1.39. The van der Waals surface area contributed by atoms with E-state index in [0.717, 1.165) is 4.90 Å². The minimum absolute atomic E-state index is 0.148. The van der Waals surface area contributed by atoms with Crippen LogP contribution in [0.15, 0.2) is 21.5 Å². The Morgan fingerprint density at radius 3 is 2.75 bits per heavy atom. The van der Waals surface area contributed by atoms with Crippen LogP contribution in [0, 0.1) is 0 Å². The number of hydrogen-bond acceptors (Lipinski definition) is 2. The van der Waals surface area contributed by atoms with Crippen molar-refractivity contribution in [1.82, 2.24) is 9.88 Å². The second-order valence-electron chi connectivity index (χ2n) is 3.14. The van der Waals surface area contributed by atoms with Crippen molar-refractivity contribution in [3.05, 3.63) is 32.7 Å². The molecule has 0 saturated carbocycles. The average molecular weight is 295 g/mol. The Kier molecular flexibility index (Phi) is 4.17. The van der Waals surface area contributed by atoms with E-state index in [1.165, 1.54) is 19.3 Å². The number of carbonyl (C=O) groups is 1. The van der Waals surface area contributed by atoms with E-state index in [2.05, 4.69) is 20.9 Å². The Bertz CT molecular complexity index is 447. The molecule has 0 atom stereocenters. The second kappa shape index (κ2) is 5.20. The summed E-state index contributed by atoms with van der Waals surface area (Å²) < 4.78 is 24.3. The van der Waals surface area contributed by atoms with Gasteiger partial charge < -0.3 is 9.88 Å². The third-order valence-corrected chi connectivity index (χ3v) is 2.45. The van der Waals surface area contributed by atoms with Gasteiger partial charge >= 0.3 is 0 Å². The summed E-state index contributed by atoms with van der Waals surface area (Å²) in [7, 11) is 1.27. The standard InChI is InChI=1S/C9H9BrF2N2O2/c1-14(4-7(11)12)9(16)5-2-6(10)8(15)13-3-5/h2-3,7H,4H2,1H3,(H,13,15). The molecule has 1 aromatic heterocycles. The molecular weight excluding hydrogens is 286 g/mol. The number of aromatic amines is 1. The third kappa shape index (κ3) is 3.13. The van der Waals surface area contributed by atoms with E-state index in [9.17, 15) is 18.4 Å². The van der Waals surface area contributed by atoms with Gasteiger partial charge in [0.05, 0.1) is 16.6 Å². The molecule has 0 bridgehead atoms. The highest BCUT2D eigenvalue weighted by molar-refractivity contribution is 9.10. The van der Waals surface area contributed by atoms with Crippen LogP contribution in [0.25, 0.3) is 0 Å². The predicted octanol–water partition coefficient (Wildman–Crippen LogP) is 1.47. The number of amides is 1. The zero-order valence-electron chi connectivity index (χ0n) is 8.34. The first kappa shape index (κ1) is 12.8. The van der Waals surface area contributed by atoms with Crippen LogP contribution in [-0.4, -0.2) is 35.8 Å². The van der Waals surface area contributed by atoms with Gasteiger partial charge in [-0.25, -0.2) is 8.78 Å². The van der Waals surface area contributed by atoms with Crippen LogP contribution < -0.4 is 5.56 Å². The van der Waals surface area contributed by atoms with Gasteiger partial charge in [0.25, 0.3) is 17.9 Å². The number of aromatic nitrogens is 1. The Balaban J connectivity index is 2.88. The van der Waals surface area contributed by atoms with Crippen molar-refractivity contribution in [1.29, 1.82) is 0 Å². The molecule has 0 aliphatic heterocycles. The van der Waals surface area contributed by atoms with Gasteiger partial charge in [-0.15, -0.1) is 0 Å². The molecule has 4 nitrogen and oxygen atoms in total. The van der Waals surface area contributed by atoms with E-state index in [1.54, 1.807) is 0 Å². The molecule has 0 aliphatic carbocycles. The predicted molar refractivity (Wildman–Crippen MR) is 57.7 cm³/mol. The number of alkyl halides is 2. The Morgan fingerprint density at radius 1 is 1.62 bits per heavy atom. The molecule has 0 fully saturated rings. The lowest BCUT2D eigenvalue weighted by atomic mass is 10.2. The van der Waals surface area contributed by atoms with Gasteiger partial charge in [-0.1, -0.05) is 0 Å². The highest BCUT2D eigenvalue weighted by atomic mass is 79.9. The summed E-state index contributed by atoms with van der Waals surface area (Å²) >= 11 is 2.95. The molecular formula is C9H9BrF2N2O2. The van der Waals surface area contributed by atoms with Crippen molar-refractivity contribution in [2.45, 2.75) is 6.43 Å². The van der Waals surface area contributed by atoms with Crippen molar-refractivity contribution >= 4 is 21.8 Å². The van der Waals surface area contributed by atoms with Crippen LogP contribution in [0.5, 0.6) is 0 Å². The van der Waals surface area contributed by atoms with Gasteiger partial charge in [0, 0.05) is 13.2 Å². The molecule has 1 heterocycles. The summed E-state index contributed by atoms with van der Waals surface area (Å²) in [6.45, 7) is -0.643. The number of nitrogens with one attached hydrogen (secondary N) is 1. The number of carbonyl (C=O) groups excluding carboxylic acids is 1. The highest BCUT2D eigenvalue weighted by Crippen LogP contribution is 2.08. The molecule has 1 N–H and O–H groups in total. The quantitative estimate of drug-likeness (QED) is 0.918. The van der Waals surface area contributed by atoms with Gasteiger partial charge in [0.2, 0.25) is 0 Å². The van der Waals surface area contributed by atoms with E-state index in [4.69, 9.17) is 0 Å². The molecule has 0 unspecified atom stereocenters. The Morgan fingerprint density at radius 2 is 2.25 bits per heavy atom. The smallest absolute Gasteiger partial charge is 0.262 e. The number of pyridine rings is 1. The second-order valence-corrected chi connectivity index (χ2v) is 4.00. The average Bonchev–Trinajstić information content (AvgIpc) is 2.20. The van der Waals surface area contributed by atoms with Crippen molar-refractivity contribution in [3.63, 3.8) is 0 Å². The van der Waals surface area contributed by atoms with E-state index < -0.39 is 18.9 Å². The minimum Gasteiger partial charge on any atom is -0.336 e. The van der Waals surface area contributed by atoms with Gasteiger partial charge in [0.1, 0.15) is 0 Å². The first-order chi connectivity index (χ1) is 7.41. The fourth-order valence-electron chi connectivity index (χ4n) is 1.09. The van der Waals surface area contributed by atoms with Crippen LogP contribution in [0.1, 0.15) is 10.4 Å². The number of rotatable bonds is 3. The maximum absolute atomic E-state index is 12.0. The first-order valence-electron chi connectivity index (χ1n) is 4.33. The molecule has 0 radical (unpaired) electrons. The zero-order valence-corrected chi connectivity index (χ0v) is 9.92. The van der Waals surface area contributed by atoms with E-state index in [0.29, 0.717) is 0 Å². The van der Waals surface area contributed by atoms with Crippen LogP contribution in [-0.2, 0) is 0 Å².